The predicted octanol–water partition coefficient (Wildman–Crippen LogP) is 4.24. The molecule has 8 nitrogen and oxygen atoms in total. The largest absolute Gasteiger partial charge is 0.378 e. The SMILES string of the molecule is CC(C)c1ncc(-c2cn3ccnc3c(Nc3ccc(N4CCN(C5COC5)CC4)cc3)n2)s1. The minimum Gasteiger partial charge on any atom is -0.378 e. The lowest BCUT2D eigenvalue weighted by atomic mass is 10.1. The van der Waals surface area contributed by atoms with Crippen LogP contribution in [0.1, 0.15) is 24.8 Å². The zero-order valence-electron chi connectivity index (χ0n) is 19.5. The van der Waals surface area contributed by atoms with Crippen LogP contribution in [0.25, 0.3) is 16.2 Å². The summed E-state index contributed by atoms with van der Waals surface area (Å²) in [6.07, 6.45) is 7.69. The molecule has 0 unspecified atom stereocenters. The second-order valence-electron chi connectivity index (χ2n) is 9.24. The number of hydrogen-bond donors (Lipinski definition) is 1. The molecule has 0 aliphatic carbocycles. The maximum atomic E-state index is 5.35. The second-order valence-corrected chi connectivity index (χ2v) is 10.3. The molecule has 2 aliphatic rings. The molecule has 34 heavy (non-hydrogen) atoms. The Morgan fingerprint density at radius 1 is 1.06 bits per heavy atom. The Labute approximate surface area is 203 Å². The molecule has 5 heterocycles. The molecule has 9 heteroatoms. The van der Waals surface area contributed by atoms with Crippen molar-refractivity contribution in [2.24, 2.45) is 0 Å². The van der Waals surface area contributed by atoms with Crippen LogP contribution < -0.4 is 10.2 Å². The third-order valence-corrected chi connectivity index (χ3v) is 7.91. The maximum absolute atomic E-state index is 5.35. The fourth-order valence-electron chi connectivity index (χ4n) is 4.48. The molecule has 3 aromatic heterocycles. The summed E-state index contributed by atoms with van der Waals surface area (Å²) >= 11 is 1.69. The van der Waals surface area contributed by atoms with Gasteiger partial charge in [0.25, 0.3) is 0 Å². The van der Waals surface area contributed by atoms with Crippen molar-refractivity contribution in [1.29, 1.82) is 0 Å². The molecular weight excluding hydrogens is 446 g/mol. The van der Waals surface area contributed by atoms with E-state index in [1.165, 1.54) is 5.69 Å². The van der Waals surface area contributed by atoms with Gasteiger partial charge in [-0.25, -0.2) is 15.0 Å². The van der Waals surface area contributed by atoms with Gasteiger partial charge in [-0.05, 0) is 24.3 Å². The molecular formula is C25H29N7OS. The van der Waals surface area contributed by atoms with Crippen LogP contribution >= 0.6 is 11.3 Å². The molecule has 176 valence electrons. The summed E-state index contributed by atoms with van der Waals surface area (Å²) in [6, 6.07) is 9.25. The van der Waals surface area contributed by atoms with Gasteiger partial charge in [0.2, 0.25) is 0 Å². The van der Waals surface area contributed by atoms with Crippen LogP contribution in [0.5, 0.6) is 0 Å². The lowest BCUT2D eigenvalue weighted by Crippen LogP contribution is -2.56. The van der Waals surface area contributed by atoms with Crippen molar-refractivity contribution in [3.05, 3.63) is 54.1 Å². The molecule has 1 aromatic carbocycles. The monoisotopic (exact) mass is 475 g/mol. The molecule has 0 atom stereocenters. The van der Waals surface area contributed by atoms with E-state index in [0.29, 0.717) is 12.0 Å². The topological polar surface area (TPSA) is 70.8 Å². The Balaban J connectivity index is 1.19. The van der Waals surface area contributed by atoms with E-state index in [0.717, 1.165) is 72.1 Å². The molecule has 0 saturated carbocycles. The number of ether oxygens (including phenoxy) is 1. The molecule has 0 amide bonds. The van der Waals surface area contributed by atoms with E-state index < -0.39 is 0 Å². The fourth-order valence-corrected chi connectivity index (χ4v) is 5.35. The third-order valence-electron chi connectivity index (χ3n) is 6.59. The molecule has 0 spiro atoms. The smallest absolute Gasteiger partial charge is 0.180 e. The highest BCUT2D eigenvalue weighted by Crippen LogP contribution is 2.31. The Morgan fingerprint density at radius 3 is 2.53 bits per heavy atom. The lowest BCUT2D eigenvalue weighted by Gasteiger charge is -2.43. The van der Waals surface area contributed by atoms with Crippen LogP contribution in [-0.4, -0.2) is 69.7 Å². The lowest BCUT2D eigenvalue weighted by molar-refractivity contribution is -0.0660. The number of benzene rings is 1. The number of anilines is 3. The molecule has 0 radical (unpaired) electrons. The van der Waals surface area contributed by atoms with E-state index in [9.17, 15) is 0 Å². The standard InChI is InChI=1S/C25H29N7OS/c1-17(2)25-27-13-22(34-25)21-14-32-8-7-26-24(32)23(29-21)28-18-3-5-19(6-4-18)30-9-11-31(12-10-30)20-15-33-16-20/h3-8,13-14,17,20H,9-12,15-16H2,1-2H3,(H,28,29). The van der Waals surface area contributed by atoms with E-state index in [1.54, 1.807) is 17.5 Å². The summed E-state index contributed by atoms with van der Waals surface area (Å²) in [5.74, 6) is 1.15. The molecule has 0 bridgehead atoms. The first-order chi connectivity index (χ1) is 16.6. The Kier molecular flexibility index (Phi) is 5.68. The summed E-state index contributed by atoms with van der Waals surface area (Å²) in [4.78, 5) is 20.1. The first-order valence-corrected chi connectivity index (χ1v) is 12.7. The van der Waals surface area contributed by atoms with Gasteiger partial charge in [-0.15, -0.1) is 11.3 Å². The van der Waals surface area contributed by atoms with Gasteiger partial charge in [-0.2, -0.15) is 0 Å². The van der Waals surface area contributed by atoms with Gasteiger partial charge >= 0.3 is 0 Å². The quantitative estimate of drug-likeness (QED) is 0.447. The van der Waals surface area contributed by atoms with Crippen molar-refractivity contribution >= 4 is 34.2 Å². The van der Waals surface area contributed by atoms with Gasteiger partial charge < -0.3 is 19.4 Å². The number of thiazole rings is 1. The highest BCUT2D eigenvalue weighted by molar-refractivity contribution is 7.15. The average molecular weight is 476 g/mol. The first-order valence-electron chi connectivity index (χ1n) is 11.9. The zero-order valence-corrected chi connectivity index (χ0v) is 20.3. The highest BCUT2D eigenvalue weighted by Gasteiger charge is 2.28. The minimum absolute atomic E-state index is 0.405. The number of nitrogens with one attached hydrogen (secondary N) is 1. The maximum Gasteiger partial charge on any atom is 0.180 e. The summed E-state index contributed by atoms with van der Waals surface area (Å²) in [5, 5.41) is 4.61. The average Bonchev–Trinajstić information content (AvgIpc) is 3.49. The van der Waals surface area contributed by atoms with Gasteiger partial charge in [0.05, 0.1) is 29.1 Å². The summed E-state index contributed by atoms with van der Waals surface area (Å²) < 4.78 is 7.36. The van der Waals surface area contributed by atoms with Crippen molar-refractivity contribution in [3.63, 3.8) is 0 Å². The van der Waals surface area contributed by atoms with Crippen molar-refractivity contribution in [2.75, 3.05) is 49.6 Å². The first kappa shape index (κ1) is 21.5. The van der Waals surface area contributed by atoms with Crippen LogP contribution in [0.4, 0.5) is 17.2 Å². The van der Waals surface area contributed by atoms with Crippen molar-refractivity contribution in [2.45, 2.75) is 25.8 Å². The van der Waals surface area contributed by atoms with Crippen LogP contribution in [-0.2, 0) is 4.74 Å². The summed E-state index contributed by atoms with van der Waals surface area (Å²) in [5.41, 5.74) is 3.95. The van der Waals surface area contributed by atoms with Gasteiger partial charge in [-0.1, -0.05) is 13.8 Å². The molecule has 6 rings (SSSR count). The zero-order chi connectivity index (χ0) is 23.1. The Morgan fingerprint density at radius 2 is 1.85 bits per heavy atom. The number of hydrogen-bond acceptors (Lipinski definition) is 8. The highest BCUT2D eigenvalue weighted by atomic mass is 32.1. The Bertz CT molecular complexity index is 1270. The third kappa shape index (κ3) is 4.15. The summed E-state index contributed by atoms with van der Waals surface area (Å²) in [7, 11) is 0. The van der Waals surface area contributed by atoms with Crippen LogP contribution in [0, 0.1) is 0 Å². The van der Waals surface area contributed by atoms with Crippen molar-refractivity contribution in [3.8, 4) is 10.6 Å². The van der Waals surface area contributed by atoms with Crippen LogP contribution in [0.3, 0.4) is 0 Å². The van der Waals surface area contributed by atoms with Crippen molar-refractivity contribution in [1.82, 2.24) is 24.3 Å². The molecule has 1 N–H and O–H groups in total. The molecule has 2 saturated heterocycles. The fraction of sp³-hybridized carbons (Fsp3) is 0.400. The van der Waals surface area contributed by atoms with Gasteiger partial charge in [0.15, 0.2) is 11.5 Å². The minimum atomic E-state index is 0.405. The van der Waals surface area contributed by atoms with E-state index in [-0.39, 0.29) is 0 Å². The second kappa shape index (κ2) is 8.98. The molecule has 2 aliphatic heterocycles. The van der Waals surface area contributed by atoms with Gasteiger partial charge in [-0.3, -0.25) is 4.90 Å². The molecule has 4 aromatic rings. The normalized spacial score (nSPS) is 17.4. The van der Waals surface area contributed by atoms with E-state index in [4.69, 9.17) is 9.72 Å². The predicted molar refractivity (Wildman–Crippen MR) is 136 cm³/mol. The van der Waals surface area contributed by atoms with Crippen molar-refractivity contribution < 1.29 is 4.74 Å². The molecule has 2 fully saturated rings. The summed E-state index contributed by atoms with van der Waals surface area (Å²) in [6.45, 7) is 10.4. The number of nitrogens with zero attached hydrogens (tertiary/aromatic N) is 6. The van der Waals surface area contributed by atoms with E-state index >= 15 is 0 Å². The van der Waals surface area contributed by atoms with E-state index in [2.05, 4.69) is 63.2 Å². The number of rotatable bonds is 6. The van der Waals surface area contributed by atoms with Gasteiger partial charge in [0.1, 0.15) is 5.69 Å². The Hall–Kier alpha value is -3.01. The number of fused-ring (bicyclic) bond motifs is 1. The number of imidazole rings is 1. The van der Waals surface area contributed by atoms with E-state index in [1.807, 2.05) is 23.0 Å². The van der Waals surface area contributed by atoms with Gasteiger partial charge in [0, 0.05) is 68.3 Å². The number of aromatic nitrogens is 4. The van der Waals surface area contributed by atoms with Crippen LogP contribution in [0.15, 0.2) is 49.1 Å². The van der Waals surface area contributed by atoms with Crippen LogP contribution in [0.2, 0.25) is 0 Å². The number of piperazine rings is 1.